The first-order valence-corrected chi connectivity index (χ1v) is 6.87. The zero-order valence-electron chi connectivity index (χ0n) is 11.1. The molecule has 5 heteroatoms. The summed E-state index contributed by atoms with van der Waals surface area (Å²) in [5, 5.41) is 4.04. The third-order valence-electron chi connectivity index (χ3n) is 3.26. The average Bonchev–Trinajstić information content (AvgIpc) is 2.38. The van der Waals surface area contributed by atoms with Crippen LogP contribution in [-0.4, -0.2) is 49.7 Å². The third kappa shape index (κ3) is 3.34. The molecule has 0 unspecified atom stereocenters. The maximum Gasteiger partial charge on any atom is 0.147 e. The quantitative estimate of drug-likeness (QED) is 0.899. The number of anilines is 1. The summed E-state index contributed by atoms with van der Waals surface area (Å²) < 4.78 is 0. The van der Waals surface area contributed by atoms with Gasteiger partial charge in [-0.3, -0.25) is 0 Å². The van der Waals surface area contributed by atoms with Crippen molar-refractivity contribution < 1.29 is 0 Å². The Hall–Kier alpha value is -0.840. The van der Waals surface area contributed by atoms with Crippen molar-refractivity contribution >= 4 is 17.4 Å². The van der Waals surface area contributed by atoms with Crippen molar-refractivity contribution in [2.75, 3.05) is 44.7 Å². The second-order valence-corrected chi connectivity index (χ2v) is 5.13. The lowest BCUT2D eigenvalue weighted by Crippen LogP contribution is -2.44. The molecule has 1 aromatic rings. The van der Waals surface area contributed by atoms with Gasteiger partial charge < -0.3 is 15.1 Å². The highest BCUT2D eigenvalue weighted by Gasteiger charge is 2.17. The van der Waals surface area contributed by atoms with E-state index >= 15 is 0 Å². The largest absolute Gasteiger partial charge is 0.353 e. The van der Waals surface area contributed by atoms with Gasteiger partial charge in [-0.2, -0.15) is 0 Å². The molecule has 100 valence electrons. The Kier molecular flexibility index (Phi) is 4.80. The number of nitrogens with one attached hydrogen (secondary N) is 1. The summed E-state index contributed by atoms with van der Waals surface area (Å²) >= 11 is 6.33. The first-order valence-electron chi connectivity index (χ1n) is 6.49. The van der Waals surface area contributed by atoms with Crippen molar-refractivity contribution in [3.63, 3.8) is 0 Å². The number of rotatable bonds is 4. The molecule has 1 saturated heterocycles. The van der Waals surface area contributed by atoms with Gasteiger partial charge in [-0.1, -0.05) is 18.5 Å². The van der Waals surface area contributed by atoms with Gasteiger partial charge >= 0.3 is 0 Å². The van der Waals surface area contributed by atoms with Gasteiger partial charge in [-0.25, -0.2) is 4.98 Å². The van der Waals surface area contributed by atoms with Crippen molar-refractivity contribution in [3.8, 4) is 0 Å². The predicted octanol–water partition coefficient (Wildman–Crippen LogP) is 1.60. The molecule has 0 atom stereocenters. The van der Waals surface area contributed by atoms with Crippen LogP contribution in [0, 0.1) is 0 Å². The van der Waals surface area contributed by atoms with Gasteiger partial charge in [0.15, 0.2) is 0 Å². The fourth-order valence-corrected chi connectivity index (χ4v) is 2.40. The Morgan fingerprint density at radius 2 is 2.06 bits per heavy atom. The Balaban J connectivity index is 2.05. The standard InChI is InChI=1S/C13H21ClN4/c1-3-15-9-11-8-12(14)13(16-10-11)18-6-4-17(2)5-7-18/h8,10,15H,3-7,9H2,1-2H3. The number of nitrogens with zero attached hydrogens (tertiary/aromatic N) is 3. The van der Waals surface area contributed by atoms with Gasteiger partial charge in [0.25, 0.3) is 0 Å². The minimum Gasteiger partial charge on any atom is -0.353 e. The highest BCUT2D eigenvalue weighted by molar-refractivity contribution is 6.33. The Bertz CT molecular complexity index is 389. The molecule has 4 nitrogen and oxygen atoms in total. The third-order valence-corrected chi connectivity index (χ3v) is 3.54. The Labute approximate surface area is 114 Å². The molecule has 2 heterocycles. The molecule has 1 aromatic heterocycles. The molecule has 0 aromatic carbocycles. The average molecular weight is 269 g/mol. The zero-order chi connectivity index (χ0) is 13.0. The molecule has 0 spiro atoms. The minimum atomic E-state index is 0.759. The highest BCUT2D eigenvalue weighted by atomic mass is 35.5. The molecule has 1 N–H and O–H groups in total. The van der Waals surface area contributed by atoms with E-state index in [-0.39, 0.29) is 0 Å². The van der Waals surface area contributed by atoms with E-state index in [0.29, 0.717) is 0 Å². The SMILES string of the molecule is CCNCc1cnc(N2CCN(C)CC2)c(Cl)c1. The molecular weight excluding hydrogens is 248 g/mol. The van der Waals surface area contributed by atoms with Crippen LogP contribution >= 0.6 is 11.6 Å². The summed E-state index contributed by atoms with van der Waals surface area (Å²) in [6, 6.07) is 2.02. The van der Waals surface area contributed by atoms with Crippen LogP contribution in [0.15, 0.2) is 12.3 Å². The molecule has 2 rings (SSSR count). The summed E-state index contributed by atoms with van der Waals surface area (Å²) in [7, 11) is 2.14. The monoisotopic (exact) mass is 268 g/mol. The van der Waals surface area contributed by atoms with E-state index in [9.17, 15) is 0 Å². The van der Waals surface area contributed by atoms with E-state index in [4.69, 9.17) is 11.6 Å². The molecular formula is C13H21ClN4. The van der Waals surface area contributed by atoms with Gasteiger partial charge in [0, 0.05) is 38.9 Å². The van der Waals surface area contributed by atoms with Crippen LogP contribution in [0.3, 0.4) is 0 Å². The second-order valence-electron chi connectivity index (χ2n) is 4.72. The Morgan fingerprint density at radius 1 is 1.33 bits per heavy atom. The summed E-state index contributed by atoms with van der Waals surface area (Å²) in [6.45, 7) is 8.00. The zero-order valence-corrected chi connectivity index (χ0v) is 11.9. The van der Waals surface area contributed by atoms with Gasteiger partial charge in [0.2, 0.25) is 0 Å². The number of likely N-dealkylation sites (N-methyl/N-ethyl adjacent to an activating group) is 1. The normalized spacial score (nSPS) is 17.2. The lowest BCUT2D eigenvalue weighted by molar-refractivity contribution is 0.312. The van der Waals surface area contributed by atoms with Crippen molar-refractivity contribution in [1.82, 2.24) is 15.2 Å². The van der Waals surface area contributed by atoms with Crippen molar-refractivity contribution in [2.24, 2.45) is 0 Å². The number of hydrogen-bond acceptors (Lipinski definition) is 4. The lowest BCUT2D eigenvalue weighted by atomic mass is 10.2. The Morgan fingerprint density at radius 3 is 2.67 bits per heavy atom. The molecule has 1 aliphatic heterocycles. The molecule has 0 amide bonds. The topological polar surface area (TPSA) is 31.4 Å². The van der Waals surface area contributed by atoms with E-state index in [2.05, 4.69) is 34.1 Å². The van der Waals surface area contributed by atoms with Gasteiger partial charge in [-0.15, -0.1) is 0 Å². The van der Waals surface area contributed by atoms with E-state index < -0.39 is 0 Å². The number of halogens is 1. The minimum absolute atomic E-state index is 0.759. The van der Waals surface area contributed by atoms with Gasteiger partial charge in [0.05, 0.1) is 5.02 Å². The molecule has 1 fully saturated rings. The van der Waals surface area contributed by atoms with E-state index in [1.54, 1.807) is 0 Å². The summed E-state index contributed by atoms with van der Waals surface area (Å²) in [6.07, 6.45) is 1.92. The summed E-state index contributed by atoms with van der Waals surface area (Å²) in [5.74, 6) is 0.921. The second kappa shape index (κ2) is 6.36. The lowest BCUT2D eigenvalue weighted by Gasteiger charge is -2.33. The molecule has 18 heavy (non-hydrogen) atoms. The number of aromatic nitrogens is 1. The smallest absolute Gasteiger partial charge is 0.147 e. The maximum absolute atomic E-state index is 6.33. The first kappa shape index (κ1) is 13.6. The maximum atomic E-state index is 6.33. The fraction of sp³-hybridized carbons (Fsp3) is 0.615. The summed E-state index contributed by atoms with van der Waals surface area (Å²) in [4.78, 5) is 9.10. The molecule has 0 saturated carbocycles. The highest BCUT2D eigenvalue weighted by Crippen LogP contribution is 2.24. The van der Waals surface area contributed by atoms with Crippen LogP contribution < -0.4 is 10.2 Å². The predicted molar refractivity (Wildman–Crippen MR) is 76.3 cm³/mol. The van der Waals surface area contributed by atoms with Crippen LogP contribution in [0.25, 0.3) is 0 Å². The van der Waals surface area contributed by atoms with Crippen molar-refractivity contribution in [1.29, 1.82) is 0 Å². The molecule has 0 radical (unpaired) electrons. The van der Waals surface area contributed by atoms with E-state index in [1.165, 1.54) is 0 Å². The van der Waals surface area contributed by atoms with Crippen LogP contribution in [-0.2, 0) is 6.54 Å². The van der Waals surface area contributed by atoms with Crippen LogP contribution in [0.2, 0.25) is 5.02 Å². The van der Waals surface area contributed by atoms with Gasteiger partial charge in [-0.05, 0) is 25.2 Å². The van der Waals surface area contributed by atoms with Crippen molar-refractivity contribution in [3.05, 3.63) is 22.8 Å². The molecule has 0 bridgehead atoms. The number of hydrogen-bond donors (Lipinski definition) is 1. The van der Waals surface area contributed by atoms with Crippen LogP contribution in [0.5, 0.6) is 0 Å². The number of pyridine rings is 1. The van der Waals surface area contributed by atoms with E-state index in [1.807, 2.05) is 12.3 Å². The van der Waals surface area contributed by atoms with Gasteiger partial charge in [0.1, 0.15) is 5.82 Å². The molecule has 0 aliphatic carbocycles. The first-order chi connectivity index (χ1) is 8.70. The van der Waals surface area contributed by atoms with Crippen LogP contribution in [0.4, 0.5) is 5.82 Å². The number of piperazine rings is 1. The van der Waals surface area contributed by atoms with Crippen LogP contribution in [0.1, 0.15) is 12.5 Å². The molecule has 1 aliphatic rings. The summed E-state index contributed by atoms with van der Waals surface area (Å²) in [5.41, 5.74) is 1.14. The fourth-order valence-electron chi connectivity index (χ4n) is 2.09. The van der Waals surface area contributed by atoms with E-state index in [0.717, 1.165) is 55.7 Å². The van der Waals surface area contributed by atoms with Crippen molar-refractivity contribution in [2.45, 2.75) is 13.5 Å².